The molecule has 0 aliphatic rings. The maximum absolute atomic E-state index is 12.0. The Balaban J connectivity index is 2.64. The number of carbonyl (C=O) groups excluding carboxylic acids is 1. The maximum atomic E-state index is 12.0. The molecule has 0 aliphatic heterocycles. The van der Waals surface area contributed by atoms with Crippen molar-refractivity contribution in [3.63, 3.8) is 0 Å². The lowest BCUT2D eigenvalue weighted by molar-refractivity contribution is 0.0955. The van der Waals surface area contributed by atoms with Gasteiger partial charge in [0, 0.05) is 30.1 Å². The molecule has 6 heteroatoms. The lowest BCUT2D eigenvalue weighted by Crippen LogP contribution is -2.30. The van der Waals surface area contributed by atoms with Gasteiger partial charge < -0.3 is 10.6 Å². The molecule has 0 heterocycles. The Morgan fingerprint density at radius 3 is 2.50 bits per heavy atom. The van der Waals surface area contributed by atoms with Gasteiger partial charge in [0.25, 0.3) is 5.91 Å². The summed E-state index contributed by atoms with van der Waals surface area (Å²) in [6.07, 6.45) is 0. The predicted molar refractivity (Wildman–Crippen MR) is 82.0 cm³/mol. The van der Waals surface area contributed by atoms with Gasteiger partial charge in [-0.1, -0.05) is 6.92 Å². The van der Waals surface area contributed by atoms with Gasteiger partial charge >= 0.3 is 0 Å². The Kier molecular flexibility index (Phi) is 6.01. The molecule has 0 atom stereocenters. The fourth-order valence-electron chi connectivity index (χ4n) is 1.79. The maximum Gasteiger partial charge on any atom is 0.251 e. The van der Waals surface area contributed by atoms with Crippen molar-refractivity contribution in [1.82, 2.24) is 5.32 Å². The van der Waals surface area contributed by atoms with E-state index in [2.05, 4.69) is 10.6 Å². The molecule has 0 aliphatic carbocycles. The molecular formula is C14H22N2O3S. The van der Waals surface area contributed by atoms with Crippen molar-refractivity contribution in [1.29, 1.82) is 0 Å². The highest BCUT2D eigenvalue weighted by molar-refractivity contribution is 7.91. The average Bonchev–Trinajstić information content (AvgIpc) is 2.39. The summed E-state index contributed by atoms with van der Waals surface area (Å²) in [7, 11) is -3.05. The molecule has 20 heavy (non-hydrogen) atoms. The molecule has 0 bridgehead atoms. The van der Waals surface area contributed by atoms with Gasteiger partial charge in [0.1, 0.15) is 0 Å². The second kappa shape index (κ2) is 7.28. The number of aryl methyl sites for hydroxylation is 1. The third-order valence-corrected chi connectivity index (χ3v) is 4.70. The topological polar surface area (TPSA) is 75.3 Å². The fourth-order valence-corrected chi connectivity index (χ4v) is 2.49. The summed E-state index contributed by atoms with van der Waals surface area (Å²) in [5.74, 6) is -0.167. The monoisotopic (exact) mass is 298 g/mol. The number of rotatable bonds is 7. The number of carbonyl (C=O) groups is 1. The minimum absolute atomic E-state index is 0.0240. The second-order valence-electron chi connectivity index (χ2n) is 4.55. The van der Waals surface area contributed by atoms with Crippen LogP contribution in [0, 0.1) is 6.92 Å². The summed E-state index contributed by atoms with van der Waals surface area (Å²) in [6, 6.07) is 5.49. The lowest BCUT2D eigenvalue weighted by atomic mass is 10.1. The molecule has 0 spiro atoms. The van der Waals surface area contributed by atoms with Gasteiger partial charge in [0.2, 0.25) is 0 Å². The van der Waals surface area contributed by atoms with E-state index in [9.17, 15) is 13.2 Å². The minimum Gasteiger partial charge on any atom is -0.385 e. The summed E-state index contributed by atoms with van der Waals surface area (Å²) in [5, 5.41) is 5.82. The number of anilines is 1. The first-order valence-corrected chi connectivity index (χ1v) is 8.55. The van der Waals surface area contributed by atoms with Gasteiger partial charge in [-0.3, -0.25) is 4.79 Å². The minimum atomic E-state index is -3.05. The molecule has 0 saturated heterocycles. The molecule has 2 N–H and O–H groups in total. The third-order valence-electron chi connectivity index (χ3n) is 2.99. The largest absolute Gasteiger partial charge is 0.385 e. The van der Waals surface area contributed by atoms with Gasteiger partial charge in [0.15, 0.2) is 9.84 Å². The first kappa shape index (κ1) is 16.5. The van der Waals surface area contributed by atoms with E-state index >= 15 is 0 Å². The molecule has 1 amide bonds. The Morgan fingerprint density at radius 2 is 1.95 bits per heavy atom. The third kappa shape index (κ3) is 4.85. The Bertz CT molecular complexity index is 568. The van der Waals surface area contributed by atoms with Crippen molar-refractivity contribution >= 4 is 21.4 Å². The number of benzene rings is 1. The van der Waals surface area contributed by atoms with Crippen LogP contribution >= 0.6 is 0 Å². The Hall–Kier alpha value is -1.56. The zero-order valence-electron chi connectivity index (χ0n) is 12.2. The normalized spacial score (nSPS) is 11.2. The molecule has 0 radical (unpaired) electrons. The Labute approximate surface area is 120 Å². The van der Waals surface area contributed by atoms with E-state index in [1.165, 1.54) is 0 Å². The summed E-state index contributed by atoms with van der Waals surface area (Å²) in [5.41, 5.74) is 2.40. The van der Waals surface area contributed by atoms with Crippen LogP contribution in [0.5, 0.6) is 0 Å². The van der Waals surface area contributed by atoms with Crippen LogP contribution in [0.3, 0.4) is 0 Å². The predicted octanol–water partition coefficient (Wildman–Crippen LogP) is 1.59. The van der Waals surface area contributed by atoms with E-state index in [0.717, 1.165) is 17.8 Å². The van der Waals surface area contributed by atoms with E-state index in [1.807, 2.05) is 26.0 Å². The van der Waals surface area contributed by atoms with Crippen LogP contribution in [0.15, 0.2) is 18.2 Å². The lowest BCUT2D eigenvalue weighted by Gasteiger charge is -2.10. The van der Waals surface area contributed by atoms with Crippen molar-refractivity contribution in [2.24, 2.45) is 0 Å². The van der Waals surface area contributed by atoms with Crippen LogP contribution < -0.4 is 10.6 Å². The second-order valence-corrected chi connectivity index (χ2v) is 7.03. The molecule has 1 aromatic carbocycles. The molecule has 0 saturated carbocycles. The van der Waals surface area contributed by atoms with Crippen LogP contribution in [0.1, 0.15) is 29.8 Å². The first-order valence-electron chi connectivity index (χ1n) is 6.72. The molecule has 1 rings (SSSR count). The summed E-state index contributed by atoms with van der Waals surface area (Å²) < 4.78 is 22.7. The summed E-state index contributed by atoms with van der Waals surface area (Å²) in [6.45, 7) is 6.42. The summed E-state index contributed by atoms with van der Waals surface area (Å²) in [4.78, 5) is 12.0. The van der Waals surface area contributed by atoms with Gasteiger partial charge in [-0.2, -0.15) is 0 Å². The van der Waals surface area contributed by atoms with Crippen LogP contribution in [0.2, 0.25) is 0 Å². The van der Waals surface area contributed by atoms with Crippen LogP contribution in [0.4, 0.5) is 5.69 Å². The van der Waals surface area contributed by atoms with Crippen molar-refractivity contribution < 1.29 is 13.2 Å². The van der Waals surface area contributed by atoms with E-state index in [1.54, 1.807) is 13.0 Å². The molecule has 0 unspecified atom stereocenters. The van der Waals surface area contributed by atoms with Crippen molar-refractivity contribution in [3.05, 3.63) is 29.3 Å². The van der Waals surface area contributed by atoms with Crippen molar-refractivity contribution in [2.45, 2.75) is 20.8 Å². The number of nitrogens with one attached hydrogen (secondary N) is 2. The number of amides is 1. The fraction of sp³-hybridized carbons (Fsp3) is 0.500. The van der Waals surface area contributed by atoms with Crippen LogP contribution in [-0.2, 0) is 9.84 Å². The molecule has 0 aromatic heterocycles. The van der Waals surface area contributed by atoms with E-state index in [0.29, 0.717) is 5.56 Å². The first-order chi connectivity index (χ1) is 9.39. The van der Waals surface area contributed by atoms with Gasteiger partial charge in [0.05, 0.1) is 5.75 Å². The highest BCUT2D eigenvalue weighted by Gasteiger charge is 2.11. The standard InChI is InChI=1S/C14H22N2O3S/c1-4-15-12-6-7-13(11(3)10-12)14(17)16-8-9-20(18,19)5-2/h6-7,10,15H,4-5,8-9H2,1-3H3,(H,16,17). The summed E-state index contributed by atoms with van der Waals surface area (Å²) >= 11 is 0. The van der Waals surface area contributed by atoms with Crippen molar-refractivity contribution in [3.8, 4) is 0 Å². The van der Waals surface area contributed by atoms with E-state index < -0.39 is 9.84 Å². The smallest absolute Gasteiger partial charge is 0.251 e. The Morgan fingerprint density at radius 1 is 1.25 bits per heavy atom. The van der Waals surface area contributed by atoms with Crippen LogP contribution in [0.25, 0.3) is 0 Å². The van der Waals surface area contributed by atoms with Gasteiger partial charge in [-0.15, -0.1) is 0 Å². The number of sulfone groups is 1. The molecule has 1 aromatic rings. The zero-order chi connectivity index (χ0) is 15.2. The van der Waals surface area contributed by atoms with Crippen molar-refractivity contribution in [2.75, 3.05) is 29.9 Å². The number of hydrogen-bond donors (Lipinski definition) is 2. The van der Waals surface area contributed by atoms with Gasteiger partial charge in [-0.05, 0) is 37.6 Å². The molecule has 5 nitrogen and oxygen atoms in total. The van der Waals surface area contributed by atoms with Gasteiger partial charge in [-0.25, -0.2) is 8.42 Å². The molecular weight excluding hydrogens is 276 g/mol. The molecule has 112 valence electrons. The quantitative estimate of drug-likeness (QED) is 0.801. The zero-order valence-corrected chi connectivity index (χ0v) is 13.0. The highest BCUT2D eigenvalue weighted by atomic mass is 32.2. The molecule has 0 fully saturated rings. The highest BCUT2D eigenvalue weighted by Crippen LogP contribution is 2.14. The average molecular weight is 298 g/mol. The van der Waals surface area contributed by atoms with E-state index in [4.69, 9.17) is 0 Å². The number of hydrogen-bond acceptors (Lipinski definition) is 4. The SMILES string of the molecule is CCNc1ccc(C(=O)NCCS(=O)(=O)CC)c(C)c1. The van der Waals surface area contributed by atoms with E-state index in [-0.39, 0.29) is 24.0 Å². The van der Waals surface area contributed by atoms with Crippen LogP contribution in [-0.4, -0.2) is 38.9 Å².